The van der Waals surface area contributed by atoms with Crippen molar-refractivity contribution < 1.29 is 47.8 Å². The topological polar surface area (TPSA) is 149 Å². The standard InChI is InChI=1S/C44H71O10P/c1-3-5-7-9-11-13-15-17-19-20-22-24-26-28-30-32-34-36-44(48)54-42(40-53-55(49,50)52-38-41(46)37-45)39-51-43(47)35-33-31-29-27-25-23-21-18-16-14-12-10-8-6-4-2/h5-8,11-14,17-19,21-22,24,28,30,41-42,45-46H,3-4,9-10,15-16,20,23,25-27,29,31-40H2,1-2H3,(H,49,50)/b7-5-,8-6-,13-11-,14-12-,19-17-,21-18-,24-22-,30-28-/t41-,42+/m0/s1. The average Bonchev–Trinajstić information content (AvgIpc) is 3.17. The van der Waals surface area contributed by atoms with E-state index in [0.717, 1.165) is 83.5 Å². The molecule has 0 aliphatic carbocycles. The van der Waals surface area contributed by atoms with Gasteiger partial charge in [0.15, 0.2) is 6.10 Å². The molecular weight excluding hydrogens is 719 g/mol. The van der Waals surface area contributed by atoms with Crippen molar-refractivity contribution in [1.29, 1.82) is 0 Å². The fourth-order valence-corrected chi connectivity index (χ4v) is 5.48. The van der Waals surface area contributed by atoms with Gasteiger partial charge in [0.05, 0.1) is 19.8 Å². The summed E-state index contributed by atoms with van der Waals surface area (Å²) in [5.41, 5.74) is 0. The first-order valence-corrected chi connectivity index (χ1v) is 21.7. The van der Waals surface area contributed by atoms with Gasteiger partial charge in [0.1, 0.15) is 12.7 Å². The van der Waals surface area contributed by atoms with Gasteiger partial charge >= 0.3 is 19.8 Å². The zero-order valence-corrected chi connectivity index (χ0v) is 34.5. The van der Waals surface area contributed by atoms with Crippen LogP contribution in [0.15, 0.2) is 97.2 Å². The Balaban J connectivity index is 4.49. The van der Waals surface area contributed by atoms with Gasteiger partial charge in [-0.3, -0.25) is 18.6 Å². The van der Waals surface area contributed by atoms with Crippen LogP contribution >= 0.6 is 7.82 Å². The number of hydrogen-bond acceptors (Lipinski definition) is 9. The predicted molar refractivity (Wildman–Crippen MR) is 223 cm³/mol. The number of unbranched alkanes of at least 4 members (excludes halogenated alkanes) is 6. The Bertz CT molecular complexity index is 1230. The first kappa shape index (κ1) is 51.9. The van der Waals surface area contributed by atoms with Gasteiger partial charge in [-0.25, -0.2) is 4.57 Å². The van der Waals surface area contributed by atoms with E-state index in [1.54, 1.807) is 0 Å². The number of aliphatic hydroxyl groups excluding tert-OH is 2. The minimum absolute atomic E-state index is 0.0958. The summed E-state index contributed by atoms with van der Waals surface area (Å²) in [5, 5.41) is 18.3. The van der Waals surface area contributed by atoms with Crippen LogP contribution in [0.25, 0.3) is 0 Å². The summed E-state index contributed by atoms with van der Waals surface area (Å²) in [5.74, 6) is -1.03. The van der Waals surface area contributed by atoms with Crippen molar-refractivity contribution in [3.05, 3.63) is 97.2 Å². The lowest BCUT2D eigenvalue weighted by atomic mass is 10.1. The smallest absolute Gasteiger partial charge is 0.462 e. The van der Waals surface area contributed by atoms with Gasteiger partial charge in [-0.2, -0.15) is 0 Å². The Kier molecular flexibility index (Phi) is 36.9. The Morgan fingerprint density at radius 3 is 1.47 bits per heavy atom. The number of aliphatic hydroxyl groups is 2. The zero-order chi connectivity index (χ0) is 40.5. The van der Waals surface area contributed by atoms with E-state index in [1.165, 1.54) is 0 Å². The summed E-state index contributed by atoms with van der Waals surface area (Å²) in [6, 6.07) is 0. The van der Waals surface area contributed by atoms with Crippen LogP contribution in [0.4, 0.5) is 0 Å². The van der Waals surface area contributed by atoms with Crippen LogP contribution < -0.4 is 0 Å². The third kappa shape index (κ3) is 38.9. The molecule has 0 bridgehead atoms. The van der Waals surface area contributed by atoms with Crippen LogP contribution in [0, 0.1) is 0 Å². The quantitative estimate of drug-likeness (QED) is 0.0242. The lowest BCUT2D eigenvalue weighted by molar-refractivity contribution is -0.161. The second kappa shape index (κ2) is 39.1. The van der Waals surface area contributed by atoms with Crippen molar-refractivity contribution in [2.24, 2.45) is 0 Å². The highest BCUT2D eigenvalue weighted by Gasteiger charge is 2.27. The van der Waals surface area contributed by atoms with E-state index in [-0.39, 0.29) is 19.4 Å². The van der Waals surface area contributed by atoms with E-state index in [2.05, 4.69) is 103 Å². The summed E-state index contributed by atoms with van der Waals surface area (Å²) in [7, 11) is -4.64. The molecule has 3 N–H and O–H groups in total. The lowest BCUT2D eigenvalue weighted by Crippen LogP contribution is -2.29. The number of rotatable bonds is 36. The third-order valence-electron chi connectivity index (χ3n) is 7.73. The van der Waals surface area contributed by atoms with E-state index in [4.69, 9.17) is 19.1 Å². The average molecular weight is 791 g/mol. The second-order valence-electron chi connectivity index (χ2n) is 12.9. The summed E-state index contributed by atoms with van der Waals surface area (Å²) >= 11 is 0. The number of phosphoric ester groups is 1. The minimum Gasteiger partial charge on any atom is -0.462 e. The molecular formula is C44H71O10P. The van der Waals surface area contributed by atoms with Crippen molar-refractivity contribution in [2.45, 2.75) is 142 Å². The highest BCUT2D eigenvalue weighted by Crippen LogP contribution is 2.43. The molecule has 0 spiro atoms. The number of hydrogen-bond donors (Lipinski definition) is 3. The van der Waals surface area contributed by atoms with Gasteiger partial charge in [-0.15, -0.1) is 0 Å². The Morgan fingerprint density at radius 1 is 0.545 bits per heavy atom. The molecule has 0 rings (SSSR count). The Morgan fingerprint density at radius 2 is 0.964 bits per heavy atom. The number of carbonyl (C=O) groups is 2. The SMILES string of the molecule is CC/C=C\C/C=C\C/C=C\C/C=C\C/C=C\CCCC(=O)O[C@H](COC(=O)CCCCCCC/C=C\C/C=C\C/C=C\CC)COP(=O)(O)OC[C@@H](O)CO. The van der Waals surface area contributed by atoms with Gasteiger partial charge < -0.3 is 24.6 Å². The van der Waals surface area contributed by atoms with Gasteiger partial charge in [-0.05, 0) is 83.5 Å². The molecule has 1 unspecified atom stereocenters. The molecule has 0 radical (unpaired) electrons. The maximum Gasteiger partial charge on any atom is 0.472 e. The third-order valence-corrected chi connectivity index (χ3v) is 8.68. The van der Waals surface area contributed by atoms with Crippen LogP contribution in [0.1, 0.15) is 129 Å². The van der Waals surface area contributed by atoms with Gasteiger partial charge in [0.2, 0.25) is 0 Å². The van der Waals surface area contributed by atoms with Crippen molar-refractivity contribution in [2.75, 3.05) is 26.4 Å². The van der Waals surface area contributed by atoms with Crippen LogP contribution in [-0.4, -0.2) is 65.7 Å². The largest absolute Gasteiger partial charge is 0.472 e. The molecule has 0 saturated carbocycles. The molecule has 0 fully saturated rings. The highest BCUT2D eigenvalue weighted by atomic mass is 31.2. The number of ether oxygens (including phenoxy) is 2. The molecule has 0 amide bonds. The minimum atomic E-state index is -4.64. The number of allylic oxidation sites excluding steroid dienone is 16. The molecule has 11 heteroatoms. The molecule has 0 aromatic heterocycles. The fraction of sp³-hybridized carbons (Fsp3) is 0.591. The van der Waals surface area contributed by atoms with Crippen LogP contribution in [0.5, 0.6) is 0 Å². The summed E-state index contributed by atoms with van der Waals surface area (Å²) in [6.45, 7) is 2.03. The van der Waals surface area contributed by atoms with Gasteiger partial charge in [0.25, 0.3) is 0 Å². The van der Waals surface area contributed by atoms with E-state index in [0.29, 0.717) is 19.3 Å². The van der Waals surface area contributed by atoms with Gasteiger partial charge in [-0.1, -0.05) is 130 Å². The molecule has 0 saturated heterocycles. The van der Waals surface area contributed by atoms with Crippen LogP contribution in [0.3, 0.4) is 0 Å². The first-order chi connectivity index (χ1) is 26.7. The predicted octanol–water partition coefficient (Wildman–Crippen LogP) is 10.4. The summed E-state index contributed by atoms with van der Waals surface area (Å²) in [4.78, 5) is 34.9. The van der Waals surface area contributed by atoms with Crippen LogP contribution in [-0.2, 0) is 32.7 Å². The molecule has 0 aliphatic heterocycles. The van der Waals surface area contributed by atoms with E-state index >= 15 is 0 Å². The van der Waals surface area contributed by atoms with Crippen molar-refractivity contribution >= 4 is 19.8 Å². The highest BCUT2D eigenvalue weighted by molar-refractivity contribution is 7.47. The normalized spacial score (nSPS) is 14.9. The monoisotopic (exact) mass is 790 g/mol. The van der Waals surface area contributed by atoms with E-state index < -0.39 is 51.8 Å². The van der Waals surface area contributed by atoms with Crippen LogP contribution in [0.2, 0.25) is 0 Å². The molecule has 3 atom stereocenters. The maximum atomic E-state index is 12.6. The molecule has 0 aliphatic rings. The molecule has 312 valence electrons. The maximum absolute atomic E-state index is 12.6. The molecule has 55 heavy (non-hydrogen) atoms. The van der Waals surface area contributed by atoms with Crippen molar-refractivity contribution in [3.8, 4) is 0 Å². The Labute approximate surface area is 332 Å². The number of esters is 2. The zero-order valence-electron chi connectivity index (χ0n) is 33.6. The number of carbonyl (C=O) groups excluding carboxylic acids is 2. The molecule has 0 heterocycles. The van der Waals surface area contributed by atoms with Gasteiger partial charge in [0, 0.05) is 12.8 Å². The molecule has 10 nitrogen and oxygen atoms in total. The fourth-order valence-electron chi connectivity index (χ4n) is 4.69. The van der Waals surface area contributed by atoms with E-state index in [9.17, 15) is 24.2 Å². The first-order valence-electron chi connectivity index (χ1n) is 20.2. The lowest BCUT2D eigenvalue weighted by Gasteiger charge is -2.20. The molecule has 0 aromatic rings. The van der Waals surface area contributed by atoms with Crippen molar-refractivity contribution in [1.82, 2.24) is 0 Å². The summed E-state index contributed by atoms with van der Waals surface area (Å²) < 4.78 is 32.6. The second-order valence-corrected chi connectivity index (χ2v) is 14.3. The number of phosphoric acid groups is 1. The Hall–Kier alpha value is -3.11. The van der Waals surface area contributed by atoms with Crippen molar-refractivity contribution in [3.63, 3.8) is 0 Å². The van der Waals surface area contributed by atoms with E-state index in [1.807, 2.05) is 12.2 Å². The summed E-state index contributed by atoms with van der Waals surface area (Å²) in [6.07, 6.45) is 46.7. The molecule has 0 aromatic carbocycles.